The standard InChI is InChI=1S/C14H8F6O2/c15-9-4-5-12(21-13(16)17)11(7-9)8-2-1-3-10(6-8)22-14(18,19)20/h1-7,13H. The first-order valence-electron chi connectivity index (χ1n) is 5.85. The molecule has 2 aromatic carbocycles. The number of hydrogen-bond donors (Lipinski definition) is 0. The Morgan fingerprint density at radius 3 is 2.32 bits per heavy atom. The zero-order valence-electron chi connectivity index (χ0n) is 10.7. The van der Waals surface area contributed by atoms with Gasteiger partial charge in [0.05, 0.1) is 0 Å². The van der Waals surface area contributed by atoms with Gasteiger partial charge in [0.25, 0.3) is 0 Å². The SMILES string of the molecule is Fc1ccc(OC(F)F)c(-c2cccc(OC(F)(F)F)c2)c1. The molecule has 2 aromatic rings. The Balaban J connectivity index is 2.43. The van der Waals surface area contributed by atoms with Crippen molar-refractivity contribution in [1.29, 1.82) is 0 Å². The summed E-state index contributed by atoms with van der Waals surface area (Å²) in [7, 11) is 0. The lowest BCUT2D eigenvalue weighted by molar-refractivity contribution is -0.274. The summed E-state index contributed by atoms with van der Waals surface area (Å²) in [6.07, 6.45) is -4.90. The molecule has 22 heavy (non-hydrogen) atoms. The molecule has 0 aromatic heterocycles. The number of ether oxygens (including phenoxy) is 2. The maximum Gasteiger partial charge on any atom is 0.573 e. The number of rotatable bonds is 4. The van der Waals surface area contributed by atoms with E-state index in [4.69, 9.17) is 0 Å². The summed E-state index contributed by atoms with van der Waals surface area (Å²) in [5.41, 5.74) is -0.0789. The number of hydrogen-bond acceptors (Lipinski definition) is 2. The zero-order valence-corrected chi connectivity index (χ0v) is 10.7. The van der Waals surface area contributed by atoms with Crippen molar-refractivity contribution in [3.8, 4) is 22.6 Å². The van der Waals surface area contributed by atoms with Crippen molar-refractivity contribution in [3.63, 3.8) is 0 Å². The van der Waals surface area contributed by atoms with E-state index in [-0.39, 0.29) is 16.9 Å². The fourth-order valence-electron chi connectivity index (χ4n) is 1.79. The first-order chi connectivity index (χ1) is 10.2. The highest BCUT2D eigenvalue weighted by Crippen LogP contribution is 2.34. The molecule has 0 saturated heterocycles. The third kappa shape index (κ3) is 4.31. The van der Waals surface area contributed by atoms with Gasteiger partial charge in [0.1, 0.15) is 17.3 Å². The van der Waals surface area contributed by atoms with Gasteiger partial charge in [-0.1, -0.05) is 12.1 Å². The second-order valence-corrected chi connectivity index (χ2v) is 4.09. The summed E-state index contributed by atoms with van der Waals surface area (Å²) >= 11 is 0. The summed E-state index contributed by atoms with van der Waals surface area (Å²) in [5, 5.41) is 0. The van der Waals surface area contributed by atoms with E-state index in [9.17, 15) is 26.3 Å². The van der Waals surface area contributed by atoms with Gasteiger partial charge in [-0.05, 0) is 35.9 Å². The van der Waals surface area contributed by atoms with E-state index in [1.54, 1.807) is 0 Å². The highest BCUT2D eigenvalue weighted by Gasteiger charge is 2.31. The van der Waals surface area contributed by atoms with Crippen LogP contribution in [0.2, 0.25) is 0 Å². The second kappa shape index (κ2) is 6.17. The lowest BCUT2D eigenvalue weighted by Gasteiger charge is -2.13. The summed E-state index contributed by atoms with van der Waals surface area (Å²) in [4.78, 5) is 0. The van der Waals surface area contributed by atoms with E-state index in [2.05, 4.69) is 9.47 Å². The van der Waals surface area contributed by atoms with Gasteiger partial charge in [-0.2, -0.15) is 8.78 Å². The third-order valence-electron chi connectivity index (χ3n) is 2.54. The van der Waals surface area contributed by atoms with Gasteiger partial charge in [-0.15, -0.1) is 13.2 Å². The van der Waals surface area contributed by atoms with Crippen molar-refractivity contribution in [2.75, 3.05) is 0 Å². The van der Waals surface area contributed by atoms with Gasteiger partial charge in [0.15, 0.2) is 0 Å². The lowest BCUT2D eigenvalue weighted by Crippen LogP contribution is -2.17. The molecule has 0 amide bonds. The van der Waals surface area contributed by atoms with E-state index in [0.717, 1.165) is 30.3 Å². The van der Waals surface area contributed by atoms with Crippen molar-refractivity contribution in [2.24, 2.45) is 0 Å². The average molecular weight is 322 g/mol. The zero-order chi connectivity index (χ0) is 16.3. The lowest BCUT2D eigenvalue weighted by atomic mass is 10.0. The maximum atomic E-state index is 13.3. The van der Waals surface area contributed by atoms with Crippen LogP contribution in [0.15, 0.2) is 42.5 Å². The van der Waals surface area contributed by atoms with Crippen molar-refractivity contribution >= 4 is 0 Å². The Morgan fingerprint density at radius 1 is 0.955 bits per heavy atom. The van der Waals surface area contributed by atoms with Gasteiger partial charge in [-0.3, -0.25) is 0 Å². The van der Waals surface area contributed by atoms with Gasteiger partial charge < -0.3 is 9.47 Å². The summed E-state index contributed by atoms with van der Waals surface area (Å²) < 4.78 is 82.5. The summed E-state index contributed by atoms with van der Waals surface area (Å²) in [5.74, 6) is -1.67. The Morgan fingerprint density at radius 2 is 1.68 bits per heavy atom. The van der Waals surface area contributed by atoms with Crippen LogP contribution < -0.4 is 9.47 Å². The van der Waals surface area contributed by atoms with Gasteiger partial charge in [0.2, 0.25) is 0 Å². The molecule has 0 heterocycles. The van der Waals surface area contributed by atoms with Crippen LogP contribution in [-0.2, 0) is 0 Å². The first kappa shape index (κ1) is 16.0. The minimum atomic E-state index is -4.90. The van der Waals surface area contributed by atoms with Crippen LogP contribution >= 0.6 is 0 Å². The smallest absolute Gasteiger partial charge is 0.434 e. The minimum Gasteiger partial charge on any atom is -0.434 e. The van der Waals surface area contributed by atoms with E-state index < -0.39 is 24.5 Å². The van der Waals surface area contributed by atoms with E-state index in [1.807, 2.05) is 0 Å². The topological polar surface area (TPSA) is 18.5 Å². The fraction of sp³-hybridized carbons (Fsp3) is 0.143. The Kier molecular flexibility index (Phi) is 4.48. The highest BCUT2D eigenvalue weighted by atomic mass is 19.4. The molecule has 8 heteroatoms. The van der Waals surface area contributed by atoms with E-state index >= 15 is 0 Å². The number of alkyl halides is 5. The normalized spacial score (nSPS) is 11.6. The molecule has 0 radical (unpaired) electrons. The second-order valence-electron chi connectivity index (χ2n) is 4.09. The fourth-order valence-corrected chi connectivity index (χ4v) is 1.79. The van der Waals surface area contributed by atoms with Crippen molar-refractivity contribution in [3.05, 3.63) is 48.3 Å². The molecule has 0 bridgehead atoms. The van der Waals surface area contributed by atoms with Crippen LogP contribution in [0.4, 0.5) is 26.3 Å². The molecule has 0 spiro atoms. The Bertz CT molecular complexity index is 654. The van der Waals surface area contributed by atoms with E-state index in [1.165, 1.54) is 12.1 Å². The molecule has 2 rings (SSSR count). The molecule has 0 fully saturated rings. The van der Waals surface area contributed by atoms with Crippen molar-refractivity contribution < 1.29 is 35.8 Å². The minimum absolute atomic E-state index is 0.0388. The summed E-state index contributed by atoms with van der Waals surface area (Å²) in [6, 6.07) is 7.25. The molecule has 0 unspecified atom stereocenters. The van der Waals surface area contributed by atoms with Crippen LogP contribution in [0.25, 0.3) is 11.1 Å². The molecule has 118 valence electrons. The molecule has 0 aliphatic carbocycles. The van der Waals surface area contributed by atoms with Crippen molar-refractivity contribution in [2.45, 2.75) is 13.0 Å². The highest BCUT2D eigenvalue weighted by molar-refractivity contribution is 5.71. The van der Waals surface area contributed by atoms with Gasteiger partial charge >= 0.3 is 13.0 Å². The predicted molar refractivity (Wildman–Crippen MR) is 65.2 cm³/mol. The maximum absolute atomic E-state index is 13.3. The number of benzene rings is 2. The first-order valence-corrected chi connectivity index (χ1v) is 5.85. The van der Waals surface area contributed by atoms with Crippen LogP contribution in [0.5, 0.6) is 11.5 Å². The molecule has 2 nitrogen and oxygen atoms in total. The van der Waals surface area contributed by atoms with Crippen LogP contribution in [-0.4, -0.2) is 13.0 Å². The predicted octanol–water partition coefficient (Wildman–Crippen LogP) is 4.99. The molecule has 0 aliphatic rings. The monoisotopic (exact) mass is 322 g/mol. The Hall–Kier alpha value is -2.38. The number of halogens is 6. The van der Waals surface area contributed by atoms with Gasteiger partial charge in [-0.25, -0.2) is 4.39 Å². The molecular formula is C14H8F6O2. The van der Waals surface area contributed by atoms with Crippen LogP contribution in [0, 0.1) is 5.82 Å². The molecule has 0 saturated carbocycles. The molecule has 0 atom stereocenters. The molecular weight excluding hydrogens is 314 g/mol. The van der Waals surface area contributed by atoms with E-state index in [0.29, 0.717) is 0 Å². The Labute approximate surface area is 120 Å². The van der Waals surface area contributed by atoms with Crippen LogP contribution in [0.1, 0.15) is 0 Å². The molecule has 0 aliphatic heterocycles. The van der Waals surface area contributed by atoms with Gasteiger partial charge in [0, 0.05) is 5.56 Å². The third-order valence-corrected chi connectivity index (χ3v) is 2.54. The quantitative estimate of drug-likeness (QED) is 0.738. The largest absolute Gasteiger partial charge is 0.573 e. The average Bonchev–Trinajstić information content (AvgIpc) is 2.38. The summed E-state index contributed by atoms with van der Waals surface area (Å²) in [6.45, 7) is -3.15. The molecule has 0 N–H and O–H groups in total. The van der Waals surface area contributed by atoms with Crippen LogP contribution in [0.3, 0.4) is 0 Å². The van der Waals surface area contributed by atoms with Crippen molar-refractivity contribution in [1.82, 2.24) is 0 Å².